The molecule has 0 aliphatic carbocycles. The monoisotopic (exact) mass is 363 g/mol. The molecule has 22 heavy (non-hydrogen) atoms. The van der Waals surface area contributed by atoms with Crippen LogP contribution in [-0.4, -0.2) is 24.6 Å². The molecule has 0 atom stereocenters. The second-order valence-electron chi connectivity index (χ2n) is 4.89. The highest BCUT2D eigenvalue weighted by Gasteiger charge is 2.04. The lowest BCUT2D eigenvalue weighted by atomic mass is 10.1. The number of nitrogens with zero attached hydrogens (tertiary/aromatic N) is 1. The molecule has 0 spiro atoms. The first-order valence-corrected chi connectivity index (χ1v) is 7.69. The van der Waals surface area contributed by atoms with E-state index in [0.29, 0.717) is 24.5 Å². The minimum atomic E-state index is 0.404. The molecule has 0 amide bonds. The SMILES string of the molecule is Cc1ccc(C)c(OCCOc2ccc(Br)cc2C=NO)c1. The van der Waals surface area contributed by atoms with Crippen molar-refractivity contribution in [3.63, 3.8) is 0 Å². The zero-order valence-corrected chi connectivity index (χ0v) is 14.1. The Labute approximate surface area is 138 Å². The largest absolute Gasteiger partial charge is 0.490 e. The molecule has 0 bridgehead atoms. The van der Waals surface area contributed by atoms with E-state index in [1.165, 1.54) is 6.21 Å². The molecular weight excluding hydrogens is 346 g/mol. The summed E-state index contributed by atoms with van der Waals surface area (Å²) in [7, 11) is 0. The Morgan fingerprint density at radius 2 is 1.77 bits per heavy atom. The molecule has 0 fully saturated rings. The van der Waals surface area contributed by atoms with E-state index in [9.17, 15) is 0 Å². The van der Waals surface area contributed by atoms with E-state index in [0.717, 1.165) is 21.3 Å². The minimum Gasteiger partial charge on any atom is -0.490 e. The van der Waals surface area contributed by atoms with Gasteiger partial charge < -0.3 is 14.7 Å². The maximum Gasteiger partial charge on any atom is 0.128 e. The highest BCUT2D eigenvalue weighted by molar-refractivity contribution is 9.10. The van der Waals surface area contributed by atoms with Gasteiger partial charge in [-0.15, -0.1) is 0 Å². The average molecular weight is 364 g/mol. The topological polar surface area (TPSA) is 51.0 Å². The predicted octanol–water partition coefficient (Wildman–Crippen LogP) is 4.33. The molecule has 116 valence electrons. The van der Waals surface area contributed by atoms with Crippen LogP contribution in [0.5, 0.6) is 11.5 Å². The number of aryl methyl sites for hydroxylation is 2. The fraction of sp³-hybridized carbons (Fsp3) is 0.235. The van der Waals surface area contributed by atoms with E-state index < -0.39 is 0 Å². The van der Waals surface area contributed by atoms with Crippen molar-refractivity contribution in [2.75, 3.05) is 13.2 Å². The van der Waals surface area contributed by atoms with Crippen LogP contribution in [0, 0.1) is 13.8 Å². The molecule has 2 rings (SSSR count). The summed E-state index contributed by atoms with van der Waals surface area (Å²) in [6.07, 6.45) is 1.34. The molecule has 0 aliphatic rings. The Bertz CT molecular complexity index is 671. The van der Waals surface area contributed by atoms with Crippen LogP contribution >= 0.6 is 15.9 Å². The maximum absolute atomic E-state index is 8.69. The number of halogens is 1. The van der Waals surface area contributed by atoms with E-state index in [2.05, 4.69) is 27.2 Å². The summed E-state index contributed by atoms with van der Waals surface area (Å²) in [5.74, 6) is 1.52. The van der Waals surface area contributed by atoms with E-state index in [-0.39, 0.29) is 0 Å². The van der Waals surface area contributed by atoms with Gasteiger partial charge in [0, 0.05) is 10.0 Å². The normalized spacial score (nSPS) is 10.9. The highest BCUT2D eigenvalue weighted by atomic mass is 79.9. The van der Waals surface area contributed by atoms with Crippen molar-refractivity contribution in [2.24, 2.45) is 5.16 Å². The fourth-order valence-corrected chi connectivity index (χ4v) is 2.36. The van der Waals surface area contributed by atoms with Crippen LogP contribution in [0.15, 0.2) is 46.0 Å². The van der Waals surface area contributed by atoms with Crippen LogP contribution < -0.4 is 9.47 Å². The standard InChI is InChI=1S/C17H18BrNO3/c1-12-3-4-13(2)17(9-12)22-8-7-21-16-6-5-15(18)10-14(16)11-19-20/h3-6,9-11,20H,7-8H2,1-2H3. The second-order valence-corrected chi connectivity index (χ2v) is 5.81. The van der Waals surface area contributed by atoms with Crippen LogP contribution in [0.2, 0.25) is 0 Å². The Morgan fingerprint density at radius 1 is 1.05 bits per heavy atom. The molecule has 0 aromatic heterocycles. The van der Waals surface area contributed by atoms with Crippen LogP contribution in [0.4, 0.5) is 0 Å². The summed E-state index contributed by atoms with van der Waals surface area (Å²) >= 11 is 3.37. The minimum absolute atomic E-state index is 0.404. The molecule has 0 unspecified atom stereocenters. The van der Waals surface area contributed by atoms with Crippen molar-refractivity contribution in [1.82, 2.24) is 0 Å². The first kappa shape index (κ1) is 16.4. The number of hydrogen-bond acceptors (Lipinski definition) is 4. The van der Waals surface area contributed by atoms with Gasteiger partial charge in [-0.05, 0) is 49.2 Å². The number of rotatable bonds is 6. The Hall–Kier alpha value is -2.01. The fourth-order valence-electron chi connectivity index (χ4n) is 1.98. The van der Waals surface area contributed by atoms with Gasteiger partial charge >= 0.3 is 0 Å². The van der Waals surface area contributed by atoms with E-state index in [1.807, 2.05) is 44.2 Å². The van der Waals surface area contributed by atoms with E-state index in [1.54, 1.807) is 0 Å². The molecule has 0 saturated heterocycles. The maximum atomic E-state index is 8.69. The van der Waals surface area contributed by atoms with Crippen molar-refractivity contribution in [2.45, 2.75) is 13.8 Å². The van der Waals surface area contributed by atoms with Crippen molar-refractivity contribution < 1.29 is 14.7 Å². The molecule has 0 heterocycles. The van der Waals surface area contributed by atoms with Gasteiger partial charge in [0.2, 0.25) is 0 Å². The lowest BCUT2D eigenvalue weighted by Crippen LogP contribution is -2.10. The summed E-state index contributed by atoms with van der Waals surface area (Å²) in [4.78, 5) is 0. The number of hydrogen-bond donors (Lipinski definition) is 1. The van der Waals surface area contributed by atoms with Crippen molar-refractivity contribution >= 4 is 22.1 Å². The van der Waals surface area contributed by atoms with Crippen LogP contribution in [0.3, 0.4) is 0 Å². The summed E-state index contributed by atoms with van der Waals surface area (Å²) in [5, 5.41) is 11.7. The average Bonchev–Trinajstić information content (AvgIpc) is 2.49. The van der Waals surface area contributed by atoms with E-state index >= 15 is 0 Å². The van der Waals surface area contributed by atoms with Crippen LogP contribution in [0.25, 0.3) is 0 Å². The predicted molar refractivity (Wildman–Crippen MR) is 90.4 cm³/mol. The zero-order chi connectivity index (χ0) is 15.9. The van der Waals surface area contributed by atoms with Gasteiger partial charge in [-0.2, -0.15) is 0 Å². The summed E-state index contributed by atoms with van der Waals surface area (Å²) in [6.45, 7) is 4.89. The van der Waals surface area contributed by atoms with E-state index in [4.69, 9.17) is 14.7 Å². The molecule has 2 aromatic rings. The lowest BCUT2D eigenvalue weighted by Gasteiger charge is -2.12. The van der Waals surface area contributed by atoms with Gasteiger partial charge in [0.05, 0.1) is 6.21 Å². The third-order valence-electron chi connectivity index (χ3n) is 3.11. The van der Waals surface area contributed by atoms with Gasteiger partial charge in [0.15, 0.2) is 0 Å². The summed E-state index contributed by atoms with van der Waals surface area (Å²) < 4.78 is 12.3. The molecule has 0 aliphatic heterocycles. The Morgan fingerprint density at radius 3 is 2.50 bits per heavy atom. The quantitative estimate of drug-likeness (QED) is 0.359. The Kier molecular flexibility index (Phi) is 5.83. The van der Waals surface area contributed by atoms with Gasteiger partial charge in [0.25, 0.3) is 0 Å². The number of benzene rings is 2. The van der Waals surface area contributed by atoms with Crippen molar-refractivity contribution in [1.29, 1.82) is 0 Å². The van der Waals surface area contributed by atoms with Crippen LogP contribution in [0.1, 0.15) is 16.7 Å². The number of ether oxygens (including phenoxy) is 2. The third-order valence-corrected chi connectivity index (χ3v) is 3.60. The first-order valence-electron chi connectivity index (χ1n) is 6.90. The Balaban J connectivity index is 1.93. The van der Waals surface area contributed by atoms with Gasteiger partial charge in [-0.25, -0.2) is 0 Å². The van der Waals surface area contributed by atoms with Crippen molar-refractivity contribution in [3.8, 4) is 11.5 Å². The zero-order valence-electron chi connectivity index (χ0n) is 12.5. The summed E-state index contributed by atoms with van der Waals surface area (Å²) in [6, 6.07) is 11.6. The molecular formula is C17H18BrNO3. The van der Waals surface area contributed by atoms with Crippen LogP contribution in [-0.2, 0) is 0 Å². The third kappa shape index (κ3) is 4.49. The van der Waals surface area contributed by atoms with Gasteiger partial charge in [-0.1, -0.05) is 33.2 Å². The summed E-state index contributed by atoms with van der Waals surface area (Å²) in [5.41, 5.74) is 2.96. The number of oxime groups is 1. The highest BCUT2D eigenvalue weighted by Crippen LogP contribution is 2.22. The molecule has 2 aromatic carbocycles. The first-order chi connectivity index (χ1) is 10.6. The molecule has 0 radical (unpaired) electrons. The molecule has 1 N–H and O–H groups in total. The second kappa shape index (κ2) is 7.84. The molecule has 5 heteroatoms. The smallest absolute Gasteiger partial charge is 0.128 e. The van der Waals surface area contributed by atoms with Crippen molar-refractivity contribution in [3.05, 3.63) is 57.6 Å². The lowest BCUT2D eigenvalue weighted by molar-refractivity contribution is 0.216. The van der Waals surface area contributed by atoms with Gasteiger partial charge in [0.1, 0.15) is 24.7 Å². The molecule has 0 saturated carbocycles. The van der Waals surface area contributed by atoms with Gasteiger partial charge in [-0.3, -0.25) is 0 Å². The molecule has 4 nitrogen and oxygen atoms in total.